The number of carbonyl (C=O) groups excluding carboxylic acids is 2. The van der Waals surface area contributed by atoms with Gasteiger partial charge in [-0.25, -0.2) is 0 Å². The average molecular weight is 1120 g/mol. The summed E-state index contributed by atoms with van der Waals surface area (Å²) in [5.41, 5.74) is 0. The summed E-state index contributed by atoms with van der Waals surface area (Å²) in [6.07, 6.45) is 90.4. The molecule has 6 nitrogen and oxygen atoms in total. The van der Waals surface area contributed by atoms with Crippen LogP contribution in [0.5, 0.6) is 0 Å². The number of aliphatic hydroxyl groups is 2. The van der Waals surface area contributed by atoms with Crippen molar-refractivity contribution in [3.05, 3.63) is 48.6 Å². The van der Waals surface area contributed by atoms with E-state index in [2.05, 4.69) is 55.6 Å². The van der Waals surface area contributed by atoms with Gasteiger partial charge < -0.3 is 20.3 Å². The highest BCUT2D eigenvalue weighted by Gasteiger charge is 2.18. The van der Waals surface area contributed by atoms with Crippen molar-refractivity contribution in [2.45, 2.75) is 398 Å². The molecule has 0 rings (SSSR count). The van der Waals surface area contributed by atoms with Gasteiger partial charge in [-0.15, -0.1) is 0 Å². The predicted octanol–water partition coefficient (Wildman–Crippen LogP) is 23.3. The van der Waals surface area contributed by atoms with Crippen LogP contribution in [0.4, 0.5) is 0 Å². The lowest BCUT2D eigenvalue weighted by atomic mass is 10.0. The summed E-state index contributed by atoms with van der Waals surface area (Å²) in [5, 5.41) is 23.3. The van der Waals surface area contributed by atoms with E-state index in [9.17, 15) is 19.8 Å². The van der Waals surface area contributed by atoms with Gasteiger partial charge in [-0.05, 0) is 89.9 Å². The number of aliphatic hydroxyl groups excluding tert-OH is 2. The smallest absolute Gasteiger partial charge is 0.305 e. The number of nitrogens with one attached hydrogen (secondary N) is 1. The molecule has 0 aliphatic heterocycles. The van der Waals surface area contributed by atoms with Crippen molar-refractivity contribution in [2.24, 2.45) is 0 Å². The Hall–Kier alpha value is -2.18. The van der Waals surface area contributed by atoms with Gasteiger partial charge in [0.2, 0.25) is 5.91 Å². The SMILES string of the molecule is CCCCCC/C=C\C/C=C\CCCCCCCC(=O)OCCCCCCCCCCCCC/C=C\CCCCCCCCCC(=O)NC(CO)C(O)/C=C/CCCCCCCCCCCCCCCCCCCCCCCCC. The second-order valence-electron chi connectivity index (χ2n) is 24.6. The molecule has 3 N–H and O–H groups in total. The molecule has 0 aliphatic carbocycles. The van der Waals surface area contributed by atoms with Crippen molar-refractivity contribution in [1.29, 1.82) is 0 Å². The van der Waals surface area contributed by atoms with Gasteiger partial charge in [0.25, 0.3) is 0 Å². The minimum absolute atomic E-state index is 0.00372. The Balaban J connectivity index is 3.45. The molecular weight excluding hydrogens is 983 g/mol. The molecule has 6 heteroatoms. The predicted molar refractivity (Wildman–Crippen MR) is 352 cm³/mol. The van der Waals surface area contributed by atoms with Crippen LogP contribution in [-0.4, -0.2) is 47.4 Å². The number of hydrogen-bond donors (Lipinski definition) is 3. The fourth-order valence-corrected chi connectivity index (χ4v) is 11.1. The fraction of sp³-hybridized carbons (Fsp3) is 0.865. The second-order valence-corrected chi connectivity index (χ2v) is 24.6. The summed E-state index contributed by atoms with van der Waals surface area (Å²) in [4.78, 5) is 24.6. The van der Waals surface area contributed by atoms with Crippen molar-refractivity contribution in [3.8, 4) is 0 Å². The van der Waals surface area contributed by atoms with E-state index in [-0.39, 0.29) is 18.5 Å². The fourth-order valence-electron chi connectivity index (χ4n) is 11.1. The molecule has 0 aromatic carbocycles. The lowest BCUT2D eigenvalue weighted by Crippen LogP contribution is -2.45. The van der Waals surface area contributed by atoms with Gasteiger partial charge in [0.05, 0.1) is 25.4 Å². The Labute approximate surface area is 499 Å². The third kappa shape index (κ3) is 65.0. The maximum Gasteiger partial charge on any atom is 0.305 e. The minimum Gasteiger partial charge on any atom is -0.466 e. The van der Waals surface area contributed by atoms with E-state index in [4.69, 9.17) is 4.74 Å². The first-order chi connectivity index (χ1) is 39.5. The van der Waals surface area contributed by atoms with Crippen LogP contribution in [0.3, 0.4) is 0 Å². The zero-order chi connectivity index (χ0) is 57.8. The molecule has 0 aliphatic rings. The quantitative estimate of drug-likeness (QED) is 0.0320. The number of ether oxygens (including phenoxy) is 1. The molecule has 80 heavy (non-hydrogen) atoms. The second kappa shape index (κ2) is 69.3. The third-order valence-electron chi connectivity index (χ3n) is 16.6. The molecule has 1 amide bonds. The molecule has 470 valence electrons. The number of esters is 1. The molecule has 0 radical (unpaired) electrons. The Bertz CT molecular complexity index is 1340. The number of allylic oxidation sites excluding steroid dienone is 7. The standard InChI is InChI=1S/C74H139NO5/c1-3-5-7-9-11-13-15-17-19-21-22-23-24-25-26-29-32-35-38-42-46-50-54-58-62-66-72(77)71(70-76)75-73(78)67-63-59-55-51-47-43-39-36-33-30-27-28-31-34-37-41-45-49-53-57-61-65-69-80-74(79)68-64-60-56-52-48-44-40-20-18-16-14-12-10-8-6-4-2/h14,16,20,30,33,40,62,66,71-72,76-77H,3-13,15,17-19,21-29,31-32,34-39,41-61,63-65,67-70H2,1-2H3,(H,75,78)/b16-14-,33-30-,40-20-,66-62+. The van der Waals surface area contributed by atoms with Crippen LogP contribution >= 0.6 is 0 Å². The Kier molecular flexibility index (Phi) is 67.4. The van der Waals surface area contributed by atoms with E-state index >= 15 is 0 Å². The molecular formula is C74H139NO5. The number of hydrogen-bond acceptors (Lipinski definition) is 5. The van der Waals surface area contributed by atoms with Crippen molar-refractivity contribution < 1.29 is 24.5 Å². The van der Waals surface area contributed by atoms with Crippen LogP contribution in [0.2, 0.25) is 0 Å². The van der Waals surface area contributed by atoms with Crippen LogP contribution in [0, 0.1) is 0 Å². The first-order valence-corrected chi connectivity index (χ1v) is 35.9. The molecule has 0 aromatic rings. The lowest BCUT2D eigenvalue weighted by Gasteiger charge is -2.20. The molecule has 0 aromatic heterocycles. The van der Waals surface area contributed by atoms with Crippen LogP contribution in [-0.2, 0) is 14.3 Å². The van der Waals surface area contributed by atoms with Crippen molar-refractivity contribution in [3.63, 3.8) is 0 Å². The van der Waals surface area contributed by atoms with Crippen LogP contribution in [0.1, 0.15) is 386 Å². The maximum absolute atomic E-state index is 12.5. The van der Waals surface area contributed by atoms with E-state index in [0.717, 1.165) is 57.8 Å². The Morgan fingerprint density at radius 1 is 0.350 bits per heavy atom. The molecule has 0 bridgehead atoms. The van der Waals surface area contributed by atoms with Gasteiger partial charge in [-0.2, -0.15) is 0 Å². The first-order valence-electron chi connectivity index (χ1n) is 35.9. The zero-order valence-corrected chi connectivity index (χ0v) is 53.8. The van der Waals surface area contributed by atoms with Gasteiger partial charge in [0, 0.05) is 12.8 Å². The van der Waals surface area contributed by atoms with Gasteiger partial charge in [-0.1, -0.05) is 332 Å². The number of carbonyl (C=O) groups is 2. The monoisotopic (exact) mass is 1120 g/mol. The summed E-state index contributed by atoms with van der Waals surface area (Å²) in [5.74, 6) is -0.0754. The van der Waals surface area contributed by atoms with Gasteiger partial charge >= 0.3 is 5.97 Å². The van der Waals surface area contributed by atoms with Gasteiger partial charge in [0.1, 0.15) is 0 Å². The van der Waals surface area contributed by atoms with E-state index in [1.165, 1.54) is 302 Å². The van der Waals surface area contributed by atoms with Crippen LogP contribution in [0.15, 0.2) is 48.6 Å². The first kappa shape index (κ1) is 77.8. The molecule has 0 heterocycles. The Morgan fingerprint density at radius 3 is 0.975 bits per heavy atom. The number of unbranched alkanes of at least 4 members (excludes halogenated alkanes) is 50. The number of amides is 1. The average Bonchev–Trinajstić information content (AvgIpc) is 3.46. The third-order valence-corrected chi connectivity index (χ3v) is 16.6. The van der Waals surface area contributed by atoms with E-state index in [1.807, 2.05) is 6.08 Å². The van der Waals surface area contributed by atoms with Gasteiger partial charge in [0.15, 0.2) is 0 Å². The van der Waals surface area contributed by atoms with Crippen molar-refractivity contribution in [2.75, 3.05) is 13.2 Å². The highest BCUT2D eigenvalue weighted by atomic mass is 16.5. The van der Waals surface area contributed by atoms with Crippen molar-refractivity contribution in [1.82, 2.24) is 5.32 Å². The maximum atomic E-state index is 12.5. The van der Waals surface area contributed by atoms with E-state index < -0.39 is 12.1 Å². The minimum atomic E-state index is -0.852. The number of rotatable bonds is 67. The molecule has 0 saturated heterocycles. The molecule has 2 unspecified atom stereocenters. The normalized spacial score (nSPS) is 12.8. The van der Waals surface area contributed by atoms with Crippen molar-refractivity contribution >= 4 is 11.9 Å². The van der Waals surface area contributed by atoms with Crippen LogP contribution in [0.25, 0.3) is 0 Å². The summed E-state index contributed by atoms with van der Waals surface area (Å²) in [6, 6.07) is -0.636. The largest absolute Gasteiger partial charge is 0.466 e. The summed E-state index contributed by atoms with van der Waals surface area (Å²) >= 11 is 0. The Morgan fingerprint density at radius 2 is 0.625 bits per heavy atom. The molecule has 0 saturated carbocycles. The summed E-state index contributed by atoms with van der Waals surface area (Å²) in [7, 11) is 0. The van der Waals surface area contributed by atoms with Crippen LogP contribution < -0.4 is 5.32 Å². The summed E-state index contributed by atoms with van der Waals surface area (Å²) < 4.78 is 5.49. The van der Waals surface area contributed by atoms with E-state index in [1.54, 1.807) is 6.08 Å². The topological polar surface area (TPSA) is 95.9 Å². The highest BCUT2D eigenvalue weighted by Crippen LogP contribution is 2.18. The van der Waals surface area contributed by atoms with E-state index in [0.29, 0.717) is 19.4 Å². The van der Waals surface area contributed by atoms with Gasteiger partial charge in [-0.3, -0.25) is 9.59 Å². The highest BCUT2D eigenvalue weighted by molar-refractivity contribution is 5.76. The lowest BCUT2D eigenvalue weighted by molar-refractivity contribution is -0.143. The summed E-state index contributed by atoms with van der Waals surface area (Å²) in [6.45, 7) is 4.90. The molecule has 2 atom stereocenters. The molecule has 0 spiro atoms. The zero-order valence-electron chi connectivity index (χ0n) is 53.8. The molecule has 0 fully saturated rings.